The first-order valence-corrected chi connectivity index (χ1v) is 40.3. The maximum absolute atomic E-state index is 13.6. The molecule has 0 radical (unpaired) electrons. The van der Waals surface area contributed by atoms with Gasteiger partial charge in [0.05, 0.1) is 71.1 Å². The summed E-state index contributed by atoms with van der Waals surface area (Å²) < 4.78 is 335. The SMILES string of the molecule is [2H]C([2H])([2H])C([2H])(C([2H])([2H])C)C([2H])([2H])C1CN2CCc3cc(OC)c(OC)cc3C2CC1=O.[2H]C1(CC(C)C)CN2CCc3cc(OC)c(OC)cc3C2C([2H])([2H])C1=O.[2H]C1([2H])C(=O)C([2H])(C([2H])([2H])C([2H])(C([2H])([2H])[2H])C([2H])([2H])C)CN2CCc3cc(OC)c(OC)cc3C21.[2H]C1([2H])C(C([2H])([2H])C([2H])(C([2H])([2H])[2H])C([2H])([2H])C)C(=O)CC2c3cc(OC)c(OC)cc3CCN21.[2H]C1([2H])C(CC(C)C)C(=O)CC2c3cc(OC)c(OC)cc3CCN21. The number of Topliss-reactive ketones (excluding diaryl/α,β-unsaturated/α-hetero) is 5. The zero-order valence-corrected chi connectivity index (χ0v) is 71.1. The molecule has 0 spiro atoms. The van der Waals surface area contributed by atoms with Gasteiger partial charge in [0.1, 0.15) is 28.9 Å². The van der Waals surface area contributed by atoms with Crippen molar-refractivity contribution in [3.8, 4) is 57.5 Å². The minimum atomic E-state index is -3.60. The fraction of sp³-hybridized carbons (Fsp3) is 0.643. The van der Waals surface area contributed by atoms with Crippen LogP contribution in [0.25, 0.3) is 0 Å². The number of ketones is 5. The van der Waals surface area contributed by atoms with E-state index in [-0.39, 0.29) is 62.8 Å². The number of hydrogen-bond acceptors (Lipinski definition) is 20. The number of fused-ring (bicyclic) bond motifs is 15. The van der Waals surface area contributed by atoms with Gasteiger partial charge in [-0.25, -0.2) is 0 Å². The molecule has 15 rings (SSSR count). The molecule has 10 heterocycles. The van der Waals surface area contributed by atoms with E-state index in [0.717, 1.165) is 72.6 Å². The summed E-state index contributed by atoms with van der Waals surface area (Å²) >= 11 is 0. The number of ether oxygens (including phenoxy) is 10. The number of methoxy groups -OCH3 is 10. The molecule has 5 aromatic carbocycles. The third-order valence-electron chi connectivity index (χ3n) is 23.3. The van der Waals surface area contributed by atoms with E-state index in [4.69, 9.17) is 94.0 Å². The Morgan fingerprint density at radius 3 is 0.966 bits per heavy atom. The molecule has 0 amide bonds. The van der Waals surface area contributed by atoms with Gasteiger partial charge in [-0.05, 0) is 210 Å². The zero-order valence-electron chi connectivity index (χ0n) is 105. The van der Waals surface area contributed by atoms with Crippen molar-refractivity contribution in [1.29, 1.82) is 0 Å². The van der Waals surface area contributed by atoms with Gasteiger partial charge in [-0.1, -0.05) is 88.1 Å². The van der Waals surface area contributed by atoms with Crippen molar-refractivity contribution >= 4 is 28.9 Å². The summed E-state index contributed by atoms with van der Waals surface area (Å²) in [6.07, 6.45) is -19.8. The van der Waals surface area contributed by atoms with Crippen LogP contribution in [0.15, 0.2) is 60.7 Å². The summed E-state index contributed by atoms with van der Waals surface area (Å²) in [6, 6.07) is 14.6. The molecule has 13 unspecified atom stereocenters. The molecule has 648 valence electrons. The predicted octanol–water partition coefficient (Wildman–Crippen LogP) is 17.4. The van der Waals surface area contributed by atoms with Crippen LogP contribution in [-0.4, -0.2) is 190 Å². The van der Waals surface area contributed by atoms with Crippen LogP contribution in [0.1, 0.15) is 285 Å². The van der Waals surface area contributed by atoms with Crippen LogP contribution in [0.3, 0.4) is 0 Å². The van der Waals surface area contributed by atoms with E-state index in [1.54, 1.807) is 59.8 Å². The van der Waals surface area contributed by atoms with Gasteiger partial charge in [0.25, 0.3) is 0 Å². The molecular weight excluding hydrogens is 1490 g/mol. The summed E-state index contributed by atoms with van der Waals surface area (Å²) in [5.74, 6) is -16.7. The molecule has 118 heavy (non-hydrogen) atoms. The highest BCUT2D eigenvalue weighted by Crippen LogP contribution is 2.49. The number of nitrogens with zero attached hydrogens (tertiary/aromatic N) is 5. The lowest BCUT2D eigenvalue weighted by Gasteiger charge is -2.43. The van der Waals surface area contributed by atoms with E-state index in [1.807, 2.05) is 72.7 Å². The lowest BCUT2D eigenvalue weighted by molar-refractivity contribution is -0.130. The molecular formula is C98H141N5O15. The van der Waals surface area contributed by atoms with Crippen molar-refractivity contribution in [2.75, 3.05) is 136 Å². The Balaban J connectivity index is 0.000000181. The quantitative estimate of drug-likeness (QED) is 0.0598. The molecule has 10 aliphatic heterocycles. The van der Waals surface area contributed by atoms with Crippen molar-refractivity contribution in [2.24, 2.45) is 59.1 Å². The summed E-state index contributed by atoms with van der Waals surface area (Å²) in [5, 5.41) is 0. The molecule has 0 aliphatic carbocycles. The third-order valence-corrected chi connectivity index (χ3v) is 23.3. The Bertz CT molecular complexity index is 5870. The number of rotatable bonds is 23. The number of benzene rings is 5. The summed E-state index contributed by atoms with van der Waals surface area (Å²) in [6.45, 7) is -2.78. The minimum absolute atomic E-state index is 0.0302. The lowest BCUT2D eigenvalue weighted by Crippen LogP contribution is -2.46. The molecule has 0 saturated carbocycles. The van der Waals surface area contributed by atoms with Gasteiger partial charge < -0.3 is 47.4 Å². The lowest BCUT2D eigenvalue weighted by atomic mass is 9.79. The van der Waals surface area contributed by atoms with Gasteiger partial charge in [-0.2, -0.15) is 0 Å². The molecule has 20 nitrogen and oxygen atoms in total. The van der Waals surface area contributed by atoms with Crippen LogP contribution in [-0.2, 0) is 56.1 Å². The first kappa shape index (κ1) is 55.3. The smallest absolute Gasteiger partial charge is 0.161 e. The second-order valence-electron chi connectivity index (χ2n) is 31.3. The second kappa shape index (κ2) is 41.7. The van der Waals surface area contributed by atoms with Crippen LogP contribution in [0.2, 0.25) is 0 Å². The van der Waals surface area contributed by atoms with Gasteiger partial charge in [0, 0.05) is 204 Å². The van der Waals surface area contributed by atoms with Gasteiger partial charge in [-0.3, -0.25) is 48.5 Å². The molecule has 0 N–H and O–H groups in total. The Hall–Kier alpha value is -7.75. The molecule has 0 aromatic heterocycles. The van der Waals surface area contributed by atoms with Crippen molar-refractivity contribution in [3.05, 3.63) is 116 Å². The van der Waals surface area contributed by atoms with E-state index in [9.17, 15) is 24.0 Å². The van der Waals surface area contributed by atoms with Gasteiger partial charge >= 0.3 is 0 Å². The first-order valence-electron chi connectivity index (χ1n) is 57.3. The first-order chi connectivity index (χ1) is 69.6. The zero-order chi connectivity index (χ0) is 115. The van der Waals surface area contributed by atoms with Gasteiger partial charge in [-0.15, -0.1) is 0 Å². The van der Waals surface area contributed by atoms with Crippen LogP contribution < -0.4 is 47.4 Å². The molecule has 5 saturated heterocycles. The van der Waals surface area contributed by atoms with Crippen molar-refractivity contribution in [3.63, 3.8) is 0 Å². The van der Waals surface area contributed by atoms with E-state index >= 15 is 0 Å². The number of hydrogen-bond donors (Lipinski definition) is 0. The predicted molar refractivity (Wildman–Crippen MR) is 465 cm³/mol. The van der Waals surface area contributed by atoms with Crippen LogP contribution in [0.4, 0.5) is 0 Å². The highest BCUT2D eigenvalue weighted by Gasteiger charge is 2.45. The number of carbonyl (C=O) groups is 5. The highest BCUT2D eigenvalue weighted by atomic mass is 16.5. The third kappa shape index (κ3) is 21.0. The molecule has 5 fully saturated rings. The number of carbonyl (C=O) groups excluding carboxylic acids is 5. The standard InChI is InChI=1S/3C20H29NO3.2C19H27NO3/c3*1-5-13(2)8-15-12-21-7-6-14-9-19(23-3)20(24-4)10-16(14)17(21)11-18(15)22;2*1-12(2)7-14-11-20-6-5-13-8-18(22-3)19(23-4)9-15(13)16(20)10-17(14)21/h3*9-10,13,15,17H,5-8,11-12H2,1-4H3;2*8-9,12,14,16H,5-7,10-11H2,1-4H3/i2D3,5D2,8D2,11D2,13D,15D;2D3,5D2,8D2,12D2,13D;2D3,5D2,8D2,13D;10D2,14D;11D2. The molecule has 5 aromatic rings. The van der Waals surface area contributed by atoms with Crippen LogP contribution in [0.5, 0.6) is 57.5 Å². The van der Waals surface area contributed by atoms with Crippen LogP contribution in [0, 0.1) is 59.1 Å². The maximum Gasteiger partial charge on any atom is 0.161 e. The molecule has 20 heteroatoms. The summed E-state index contributed by atoms with van der Waals surface area (Å²) in [4.78, 5) is 74.3. The molecule has 0 bridgehead atoms. The fourth-order valence-corrected chi connectivity index (χ4v) is 17.2. The Labute approximate surface area is 753 Å². The second-order valence-corrected chi connectivity index (χ2v) is 31.3. The van der Waals surface area contributed by atoms with Crippen molar-refractivity contribution in [2.45, 2.75) is 214 Å². The highest BCUT2D eigenvalue weighted by molar-refractivity contribution is 5.86. The molecule has 10 aliphatic rings. The van der Waals surface area contributed by atoms with Crippen LogP contribution >= 0.6 is 0 Å². The summed E-state index contributed by atoms with van der Waals surface area (Å²) in [5.41, 5.74) is 8.25. The summed E-state index contributed by atoms with van der Waals surface area (Å²) in [7, 11) is 15.2. The largest absolute Gasteiger partial charge is 0.493 e. The van der Waals surface area contributed by atoms with Gasteiger partial charge in [0.15, 0.2) is 57.5 Å². The Morgan fingerprint density at radius 2 is 0.627 bits per heavy atom. The molecule has 13 atom stereocenters. The van der Waals surface area contributed by atoms with Crippen molar-refractivity contribution in [1.82, 2.24) is 24.5 Å². The van der Waals surface area contributed by atoms with E-state index < -0.39 is 180 Å². The maximum atomic E-state index is 13.6. The average Bonchev–Trinajstić information content (AvgIpc) is 0.681. The van der Waals surface area contributed by atoms with Gasteiger partial charge in [0.2, 0.25) is 0 Å². The topological polar surface area (TPSA) is 194 Å². The average molecular weight is 1660 g/mol. The van der Waals surface area contributed by atoms with Crippen molar-refractivity contribution < 1.29 is 118 Å². The van der Waals surface area contributed by atoms with E-state index in [1.165, 1.54) is 51.4 Å². The normalized spacial score (nSPS) is 33.7. The number of piperidine rings is 5. The van der Waals surface area contributed by atoms with E-state index in [0.29, 0.717) is 138 Å². The monoisotopic (exact) mass is 1660 g/mol. The van der Waals surface area contributed by atoms with E-state index in [2.05, 4.69) is 0 Å². The Morgan fingerprint density at radius 1 is 0.356 bits per heavy atom. The Kier molecular flexibility index (Phi) is 19.5. The fourth-order valence-electron chi connectivity index (χ4n) is 17.2. The minimum Gasteiger partial charge on any atom is -0.493 e.